The van der Waals surface area contributed by atoms with E-state index in [0.717, 1.165) is 67.3 Å². The Hall–Kier alpha value is -3.23. The van der Waals surface area contributed by atoms with Crippen molar-refractivity contribution in [2.45, 2.75) is 38.1 Å². The van der Waals surface area contributed by atoms with E-state index in [2.05, 4.69) is 56.0 Å². The fourth-order valence-electron chi connectivity index (χ4n) is 5.45. The maximum Gasteiger partial charge on any atom is 0.229 e. The van der Waals surface area contributed by atoms with Gasteiger partial charge in [-0.1, -0.05) is 30.5 Å². The Morgan fingerprint density at radius 3 is 2.49 bits per heavy atom. The zero-order valence-electron chi connectivity index (χ0n) is 21.0. The fourth-order valence-corrected chi connectivity index (χ4v) is 5.65. The predicted molar refractivity (Wildman–Crippen MR) is 146 cm³/mol. The first-order chi connectivity index (χ1) is 18.0. The van der Waals surface area contributed by atoms with Crippen LogP contribution in [-0.2, 0) is 6.42 Å². The van der Waals surface area contributed by atoms with Crippen LogP contribution in [0.5, 0.6) is 0 Å². The number of hydrogen-bond acceptors (Lipinski definition) is 6. The largest absolute Gasteiger partial charge is 0.369 e. The number of halogens is 2. The number of nitrogens with one attached hydrogen (secondary N) is 1. The third-order valence-corrected chi connectivity index (χ3v) is 7.82. The molecule has 3 heterocycles. The van der Waals surface area contributed by atoms with Crippen LogP contribution in [0.25, 0.3) is 11.2 Å². The average molecular weight is 520 g/mol. The van der Waals surface area contributed by atoms with Gasteiger partial charge in [-0.3, -0.25) is 0 Å². The summed E-state index contributed by atoms with van der Waals surface area (Å²) < 4.78 is 16.0. The standard InChI is InChI=1S/C28H31ClFN7/c1-35-12-14-36(15-13-35)21-9-7-20(8-10-21)32-28-31-18-25-27(34-28)37(22-4-2-3-5-22)26(33-25)17-19-6-11-24(30)23(29)16-19/h6-11,16,18,22H,2-5,12-15,17H2,1H3,(H,31,32,34). The predicted octanol–water partition coefficient (Wildman–Crippen LogP) is 5.82. The maximum atomic E-state index is 13.7. The van der Waals surface area contributed by atoms with Gasteiger partial charge in [-0.25, -0.2) is 14.4 Å². The molecular weight excluding hydrogens is 489 g/mol. The Morgan fingerprint density at radius 1 is 1.00 bits per heavy atom. The topological polar surface area (TPSA) is 62.1 Å². The van der Waals surface area contributed by atoms with Crippen molar-refractivity contribution >= 4 is 40.1 Å². The molecule has 9 heteroatoms. The van der Waals surface area contributed by atoms with Gasteiger partial charge >= 0.3 is 0 Å². The van der Waals surface area contributed by atoms with Gasteiger partial charge in [0.2, 0.25) is 5.95 Å². The minimum atomic E-state index is -0.409. The van der Waals surface area contributed by atoms with Gasteiger partial charge in [-0.2, -0.15) is 4.98 Å². The van der Waals surface area contributed by atoms with Gasteiger partial charge < -0.3 is 19.7 Å². The zero-order valence-corrected chi connectivity index (χ0v) is 21.8. The number of benzene rings is 2. The van der Waals surface area contributed by atoms with E-state index in [1.54, 1.807) is 18.3 Å². The number of likely N-dealkylation sites (N-methyl/N-ethyl adjacent to an activating group) is 1. The fraction of sp³-hybridized carbons (Fsp3) is 0.393. The number of anilines is 3. The Labute approximate surface area is 221 Å². The van der Waals surface area contributed by atoms with Crippen molar-refractivity contribution in [1.29, 1.82) is 0 Å². The molecule has 1 aliphatic heterocycles. The molecular formula is C28H31ClFN7. The summed E-state index contributed by atoms with van der Waals surface area (Å²) in [6, 6.07) is 13.7. The summed E-state index contributed by atoms with van der Waals surface area (Å²) >= 11 is 6.05. The second-order valence-corrected chi connectivity index (χ2v) is 10.5. The van der Waals surface area contributed by atoms with Crippen LogP contribution in [0.2, 0.25) is 5.02 Å². The molecule has 0 bridgehead atoms. The SMILES string of the molecule is CN1CCN(c2ccc(Nc3ncc4nc(Cc5ccc(F)c(Cl)c5)n(C5CCCC5)c4n3)cc2)CC1. The van der Waals surface area contributed by atoms with Crippen molar-refractivity contribution in [2.24, 2.45) is 0 Å². The average Bonchev–Trinajstić information content (AvgIpc) is 3.55. The van der Waals surface area contributed by atoms with Crippen LogP contribution in [0, 0.1) is 5.82 Å². The number of aromatic nitrogens is 4. The molecule has 37 heavy (non-hydrogen) atoms. The lowest BCUT2D eigenvalue weighted by Gasteiger charge is -2.34. The molecule has 0 spiro atoms. The van der Waals surface area contributed by atoms with Crippen molar-refractivity contribution in [2.75, 3.05) is 43.4 Å². The van der Waals surface area contributed by atoms with Gasteiger partial charge in [0.05, 0.1) is 11.2 Å². The molecule has 1 saturated heterocycles. The summed E-state index contributed by atoms with van der Waals surface area (Å²) in [5, 5.41) is 3.51. The van der Waals surface area contributed by atoms with Gasteiger partial charge in [-0.05, 0) is 61.9 Å². The maximum absolute atomic E-state index is 13.7. The first kappa shape index (κ1) is 24.1. The van der Waals surface area contributed by atoms with Crippen LogP contribution in [0.3, 0.4) is 0 Å². The third kappa shape index (κ3) is 5.13. The van der Waals surface area contributed by atoms with E-state index in [4.69, 9.17) is 21.6 Å². The molecule has 0 radical (unpaired) electrons. The summed E-state index contributed by atoms with van der Waals surface area (Å²) in [6.45, 7) is 4.25. The molecule has 2 aromatic heterocycles. The van der Waals surface area contributed by atoms with Crippen molar-refractivity contribution in [3.05, 3.63) is 70.9 Å². The third-order valence-electron chi connectivity index (χ3n) is 7.53. The summed E-state index contributed by atoms with van der Waals surface area (Å²) in [5.74, 6) is 1.05. The molecule has 2 aromatic carbocycles. The summed E-state index contributed by atoms with van der Waals surface area (Å²) in [6.07, 6.45) is 6.94. The van der Waals surface area contributed by atoms with Gasteiger partial charge in [0.15, 0.2) is 5.65 Å². The van der Waals surface area contributed by atoms with E-state index in [1.807, 2.05) is 0 Å². The molecule has 192 valence electrons. The first-order valence-electron chi connectivity index (χ1n) is 13.0. The molecule has 2 fully saturated rings. The molecule has 0 amide bonds. The van der Waals surface area contributed by atoms with Crippen molar-refractivity contribution in [3.8, 4) is 0 Å². The van der Waals surface area contributed by atoms with Crippen molar-refractivity contribution in [1.82, 2.24) is 24.4 Å². The molecule has 1 aliphatic carbocycles. The number of rotatable bonds is 6. The molecule has 0 unspecified atom stereocenters. The summed E-state index contributed by atoms with van der Waals surface area (Å²) in [5.41, 5.74) is 4.71. The highest BCUT2D eigenvalue weighted by Gasteiger charge is 2.24. The molecule has 0 atom stereocenters. The van der Waals surface area contributed by atoms with Crippen LogP contribution in [0.4, 0.5) is 21.7 Å². The number of hydrogen-bond donors (Lipinski definition) is 1. The Kier molecular flexibility index (Phi) is 6.69. The van der Waals surface area contributed by atoms with E-state index < -0.39 is 5.82 Å². The Bertz CT molecular complexity index is 1390. The smallest absolute Gasteiger partial charge is 0.229 e. The second-order valence-electron chi connectivity index (χ2n) is 10.1. The molecule has 6 rings (SSSR count). The zero-order chi connectivity index (χ0) is 25.4. The van der Waals surface area contributed by atoms with Gasteiger partial charge in [0.25, 0.3) is 0 Å². The lowest BCUT2D eigenvalue weighted by molar-refractivity contribution is 0.313. The summed E-state index contributed by atoms with van der Waals surface area (Å²) in [4.78, 5) is 19.1. The molecule has 1 N–H and O–H groups in total. The van der Waals surface area contributed by atoms with Crippen molar-refractivity contribution < 1.29 is 4.39 Å². The van der Waals surface area contributed by atoms with Crippen molar-refractivity contribution in [3.63, 3.8) is 0 Å². The van der Waals surface area contributed by atoms with E-state index >= 15 is 0 Å². The second kappa shape index (κ2) is 10.3. The summed E-state index contributed by atoms with van der Waals surface area (Å²) in [7, 11) is 2.17. The Balaban J connectivity index is 1.27. The van der Waals surface area contributed by atoms with E-state index in [9.17, 15) is 4.39 Å². The monoisotopic (exact) mass is 519 g/mol. The molecule has 4 aromatic rings. The first-order valence-corrected chi connectivity index (χ1v) is 13.4. The van der Waals surface area contributed by atoms with Crippen LogP contribution in [0.15, 0.2) is 48.7 Å². The van der Waals surface area contributed by atoms with E-state index in [-0.39, 0.29) is 5.02 Å². The number of nitrogens with zero attached hydrogens (tertiary/aromatic N) is 6. The Morgan fingerprint density at radius 2 is 1.76 bits per heavy atom. The lowest BCUT2D eigenvalue weighted by Crippen LogP contribution is -2.44. The quantitative estimate of drug-likeness (QED) is 0.346. The van der Waals surface area contributed by atoms with Crippen LogP contribution in [-0.4, -0.2) is 57.6 Å². The lowest BCUT2D eigenvalue weighted by atomic mass is 10.1. The van der Waals surface area contributed by atoms with Crippen LogP contribution < -0.4 is 10.2 Å². The highest BCUT2D eigenvalue weighted by atomic mass is 35.5. The van der Waals surface area contributed by atoms with Gasteiger partial charge in [0.1, 0.15) is 17.2 Å². The van der Waals surface area contributed by atoms with Gasteiger partial charge in [-0.15, -0.1) is 0 Å². The number of piperazine rings is 1. The molecule has 1 saturated carbocycles. The molecule has 2 aliphatic rings. The minimum absolute atomic E-state index is 0.131. The van der Waals surface area contributed by atoms with Crippen LogP contribution >= 0.6 is 11.6 Å². The molecule has 7 nitrogen and oxygen atoms in total. The normalized spacial score (nSPS) is 17.1. The highest BCUT2D eigenvalue weighted by Crippen LogP contribution is 2.34. The highest BCUT2D eigenvalue weighted by molar-refractivity contribution is 6.30. The van der Waals surface area contributed by atoms with E-state index in [1.165, 1.54) is 24.6 Å². The number of fused-ring (bicyclic) bond motifs is 1. The minimum Gasteiger partial charge on any atom is -0.369 e. The van der Waals surface area contributed by atoms with Gasteiger partial charge in [0, 0.05) is 50.0 Å². The van der Waals surface area contributed by atoms with E-state index in [0.29, 0.717) is 18.4 Å². The van der Waals surface area contributed by atoms with Crippen LogP contribution in [0.1, 0.15) is 43.1 Å². The number of imidazole rings is 1.